The first kappa shape index (κ1) is 11.4. The molecule has 1 aliphatic heterocycles. The second-order valence-electron chi connectivity index (χ2n) is 6.71. The largest absolute Gasteiger partial charge is 0.326 e. The molecule has 4 unspecified atom stereocenters. The van der Waals surface area contributed by atoms with Crippen LogP contribution in [0.2, 0.25) is 0 Å². The van der Waals surface area contributed by atoms with E-state index in [0.717, 1.165) is 18.5 Å². The SMILES string of the molecule is CC1CN(C2CC(C)(C)CC2C)CC1N. The van der Waals surface area contributed by atoms with Crippen LogP contribution in [0, 0.1) is 17.3 Å². The minimum atomic E-state index is 0.404. The molecule has 0 radical (unpaired) electrons. The Morgan fingerprint density at radius 1 is 1.07 bits per heavy atom. The first-order valence-electron chi connectivity index (χ1n) is 6.39. The van der Waals surface area contributed by atoms with Crippen LogP contribution in [0.3, 0.4) is 0 Å². The predicted octanol–water partition coefficient (Wildman–Crippen LogP) is 2.09. The first-order valence-corrected chi connectivity index (χ1v) is 6.39. The molecule has 0 spiro atoms. The van der Waals surface area contributed by atoms with E-state index in [1.165, 1.54) is 19.4 Å². The molecule has 0 aromatic rings. The highest BCUT2D eigenvalue weighted by Crippen LogP contribution is 2.44. The third kappa shape index (κ3) is 2.21. The van der Waals surface area contributed by atoms with Crippen molar-refractivity contribution in [3.8, 4) is 0 Å². The molecule has 2 N–H and O–H groups in total. The van der Waals surface area contributed by atoms with E-state index in [2.05, 4.69) is 32.6 Å². The second kappa shape index (κ2) is 3.74. The Kier molecular flexibility index (Phi) is 2.85. The van der Waals surface area contributed by atoms with Crippen molar-refractivity contribution in [1.29, 1.82) is 0 Å². The summed E-state index contributed by atoms with van der Waals surface area (Å²) in [4.78, 5) is 2.65. The van der Waals surface area contributed by atoms with Gasteiger partial charge in [-0.1, -0.05) is 27.7 Å². The molecular formula is C13H26N2. The zero-order chi connectivity index (χ0) is 11.2. The van der Waals surface area contributed by atoms with Gasteiger partial charge < -0.3 is 5.73 Å². The molecule has 4 atom stereocenters. The standard InChI is InChI=1S/C13H26N2/c1-9-5-13(3,4)6-12(9)15-7-10(2)11(14)8-15/h9-12H,5-8,14H2,1-4H3. The highest BCUT2D eigenvalue weighted by molar-refractivity contribution is 4.97. The van der Waals surface area contributed by atoms with E-state index in [0.29, 0.717) is 17.4 Å². The number of hydrogen-bond donors (Lipinski definition) is 1. The summed E-state index contributed by atoms with van der Waals surface area (Å²) in [6.07, 6.45) is 2.73. The average molecular weight is 210 g/mol. The van der Waals surface area contributed by atoms with Crippen molar-refractivity contribution in [2.45, 2.75) is 52.6 Å². The van der Waals surface area contributed by atoms with Gasteiger partial charge in [-0.3, -0.25) is 4.90 Å². The van der Waals surface area contributed by atoms with Crippen molar-refractivity contribution in [1.82, 2.24) is 4.90 Å². The summed E-state index contributed by atoms with van der Waals surface area (Å²) >= 11 is 0. The van der Waals surface area contributed by atoms with Crippen LogP contribution in [0.15, 0.2) is 0 Å². The smallest absolute Gasteiger partial charge is 0.0206 e. The summed E-state index contributed by atoms with van der Waals surface area (Å²) < 4.78 is 0. The molecule has 2 rings (SSSR count). The van der Waals surface area contributed by atoms with E-state index < -0.39 is 0 Å². The number of likely N-dealkylation sites (tertiary alicyclic amines) is 1. The van der Waals surface area contributed by atoms with Gasteiger partial charge in [-0.05, 0) is 30.1 Å². The third-order valence-electron chi connectivity index (χ3n) is 4.46. The summed E-state index contributed by atoms with van der Waals surface area (Å²) in [7, 11) is 0. The fourth-order valence-corrected chi connectivity index (χ4v) is 3.65. The van der Waals surface area contributed by atoms with Gasteiger partial charge in [0.05, 0.1) is 0 Å². The molecular weight excluding hydrogens is 184 g/mol. The second-order valence-corrected chi connectivity index (χ2v) is 6.71. The molecule has 0 bridgehead atoms. The van der Waals surface area contributed by atoms with E-state index >= 15 is 0 Å². The van der Waals surface area contributed by atoms with E-state index in [4.69, 9.17) is 5.73 Å². The normalized spacial score (nSPS) is 46.2. The van der Waals surface area contributed by atoms with Crippen LogP contribution < -0.4 is 5.73 Å². The van der Waals surface area contributed by atoms with Crippen molar-refractivity contribution in [2.75, 3.05) is 13.1 Å². The van der Waals surface area contributed by atoms with Crippen LogP contribution in [-0.4, -0.2) is 30.1 Å². The molecule has 2 heteroatoms. The van der Waals surface area contributed by atoms with Gasteiger partial charge in [-0.25, -0.2) is 0 Å². The van der Waals surface area contributed by atoms with E-state index in [1.807, 2.05) is 0 Å². The zero-order valence-corrected chi connectivity index (χ0v) is 10.7. The predicted molar refractivity (Wildman–Crippen MR) is 64.7 cm³/mol. The van der Waals surface area contributed by atoms with Crippen LogP contribution in [0.5, 0.6) is 0 Å². The highest BCUT2D eigenvalue weighted by Gasteiger charge is 2.42. The molecule has 15 heavy (non-hydrogen) atoms. The number of rotatable bonds is 1. The maximum atomic E-state index is 6.11. The Morgan fingerprint density at radius 3 is 2.13 bits per heavy atom. The topological polar surface area (TPSA) is 29.3 Å². The number of hydrogen-bond acceptors (Lipinski definition) is 2. The minimum Gasteiger partial charge on any atom is -0.326 e. The first-order chi connectivity index (χ1) is 6.89. The fourth-order valence-electron chi connectivity index (χ4n) is 3.65. The average Bonchev–Trinajstić information content (AvgIpc) is 2.54. The molecule has 0 aromatic carbocycles. The Morgan fingerprint density at radius 2 is 1.73 bits per heavy atom. The molecule has 0 aromatic heterocycles. The quantitative estimate of drug-likeness (QED) is 0.718. The minimum absolute atomic E-state index is 0.404. The lowest BCUT2D eigenvalue weighted by atomic mass is 9.91. The molecule has 0 amide bonds. The Labute approximate surface area is 94.2 Å². The Hall–Kier alpha value is -0.0800. The lowest BCUT2D eigenvalue weighted by Crippen LogP contribution is -2.37. The van der Waals surface area contributed by atoms with Crippen molar-refractivity contribution in [3.63, 3.8) is 0 Å². The van der Waals surface area contributed by atoms with Gasteiger partial charge in [0.25, 0.3) is 0 Å². The van der Waals surface area contributed by atoms with E-state index in [-0.39, 0.29) is 0 Å². The maximum absolute atomic E-state index is 6.11. The van der Waals surface area contributed by atoms with Crippen LogP contribution in [0.25, 0.3) is 0 Å². The molecule has 2 aliphatic rings. The molecule has 1 saturated heterocycles. The Bertz CT molecular complexity index is 227. The van der Waals surface area contributed by atoms with Gasteiger partial charge in [0.15, 0.2) is 0 Å². The summed E-state index contributed by atoms with van der Waals surface area (Å²) in [5.41, 5.74) is 6.65. The van der Waals surface area contributed by atoms with Crippen molar-refractivity contribution >= 4 is 0 Å². The van der Waals surface area contributed by atoms with Gasteiger partial charge >= 0.3 is 0 Å². The molecule has 88 valence electrons. The summed E-state index contributed by atoms with van der Waals surface area (Å²) in [6, 6.07) is 1.19. The lowest BCUT2D eigenvalue weighted by molar-refractivity contribution is 0.193. The fraction of sp³-hybridized carbons (Fsp3) is 1.00. The molecule has 1 saturated carbocycles. The molecule has 1 aliphatic carbocycles. The van der Waals surface area contributed by atoms with Crippen LogP contribution in [0.4, 0.5) is 0 Å². The highest BCUT2D eigenvalue weighted by atomic mass is 15.2. The number of nitrogens with zero attached hydrogens (tertiary/aromatic N) is 1. The molecule has 1 heterocycles. The van der Waals surface area contributed by atoms with E-state index in [9.17, 15) is 0 Å². The molecule has 2 fully saturated rings. The maximum Gasteiger partial charge on any atom is 0.0206 e. The van der Waals surface area contributed by atoms with Gasteiger partial charge in [-0.15, -0.1) is 0 Å². The Balaban J connectivity index is 2.01. The van der Waals surface area contributed by atoms with Crippen molar-refractivity contribution in [3.05, 3.63) is 0 Å². The molecule has 2 nitrogen and oxygen atoms in total. The summed E-state index contributed by atoms with van der Waals surface area (Å²) in [5.74, 6) is 1.53. The zero-order valence-electron chi connectivity index (χ0n) is 10.7. The van der Waals surface area contributed by atoms with Crippen LogP contribution >= 0.6 is 0 Å². The third-order valence-corrected chi connectivity index (χ3v) is 4.46. The van der Waals surface area contributed by atoms with E-state index in [1.54, 1.807) is 0 Å². The summed E-state index contributed by atoms with van der Waals surface area (Å²) in [6.45, 7) is 11.8. The monoisotopic (exact) mass is 210 g/mol. The van der Waals surface area contributed by atoms with Crippen molar-refractivity contribution < 1.29 is 0 Å². The van der Waals surface area contributed by atoms with Gasteiger partial charge in [-0.2, -0.15) is 0 Å². The van der Waals surface area contributed by atoms with Crippen LogP contribution in [-0.2, 0) is 0 Å². The van der Waals surface area contributed by atoms with Gasteiger partial charge in [0, 0.05) is 25.2 Å². The number of nitrogens with two attached hydrogens (primary N) is 1. The summed E-state index contributed by atoms with van der Waals surface area (Å²) in [5, 5.41) is 0. The van der Waals surface area contributed by atoms with Gasteiger partial charge in [0.2, 0.25) is 0 Å². The van der Waals surface area contributed by atoms with Crippen LogP contribution in [0.1, 0.15) is 40.5 Å². The van der Waals surface area contributed by atoms with Gasteiger partial charge in [0.1, 0.15) is 0 Å². The van der Waals surface area contributed by atoms with Crippen molar-refractivity contribution in [2.24, 2.45) is 23.0 Å². The lowest BCUT2D eigenvalue weighted by Gasteiger charge is -2.28.